The monoisotopic (exact) mass is 624 g/mol. The van der Waals surface area contributed by atoms with Gasteiger partial charge >= 0.3 is 0 Å². The number of rotatable bonds is 14. The third-order valence-electron chi connectivity index (χ3n) is 10.0. The van der Waals surface area contributed by atoms with Gasteiger partial charge in [0.1, 0.15) is 0 Å². The maximum absolute atomic E-state index is 2.65. The first kappa shape index (κ1) is 35.0. The maximum atomic E-state index is 2.65. The first-order valence-electron chi connectivity index (χ1n) is 16.1. The first-order chi connectivity index (χ1) is 17.5. The lowest BCUT2D eigenvalue weighted by Gasteiger charge is -2.39. The van der Waals surface area contributed by atoms with Crippen LogP contribution in [0, 0.1) is 46.8 Å². The van der Waals surface area contributed by atoms with Crippen LogP contribution in [0.15, 0.2) is 35.5 Å². The van der Waals surface area contributed by atoms with Crippen molar-refractivity contribution >= 4 is 22.6 Å². The molecule has 1 aliphatic rings. The third-order valence-corrected chi connectivity index (χ3v) is 11.3. The fourth-order valence-corrected chi connectivity index (χ4v) is 7.62. The Hall–Kier alpha value is -0.0500. The summed E-state index contributed by atoms with van der Waals surface area (Å²) < 4.78 is 1.32. The normalized spacial score (nSPS) is 27.0. The molecule has 0 saturated heterocycles. The molecule has 0 fully saturated rings. The number of halogens is 1. The third kappa shape index (κ3) is 11.9. The predicted octanol–water partition coefficient (Wildman–Crippen LogP) is 12.6. The van der Waals surface area contributed by atoms with Gasteiger partial charge in [-0.25, -0.2) is 0 Å². The topological polar surface area (TPSA) is 0 Å². The lowest BCUT2D eigenvalue weighted by molar-refractivity contribution is 0.290. The standard InChI is InChI=1S/C36H65I/c1-11-14-15-16-17-34(27(4)5)30(8)35-23-18-28(6)24-32(20-19-29(7)36(35,9)10)21-22-33(26-37)25-31(12-2)13-3/h14-15,19-20,27-29,31-34H,11-13,16-18,21-26H2,1-10H3/b15-14-,20-19-,35-30+. The summed E-state index contributed by atoms with van der Waals surface area (Å²) in [4.78, 5) is 0. The van der Waals surface area contributed by atoms with E-state index < -0.39 is 0 Å². The summed E-state index contributed by atoms with van der Waals surface area (Å²) in [5.41, 5.74) is 3.69. The van der Waals surface area contributed by atoms with Gasteiger partial charge in [0.2, 0.25) is 0 Å². The highest BCUT2D eigenvalue weighted by Gasteiger charge is 2.33. The summed E-state index contributed by atoms with van der Waals surface area (Å²) in [5, 5.41) is 0. The van der Waals surface area contributed by atoms with Crippen LogP contribution in [-0.2, 0) is 0 Å². The molecular formula is C36H65I. The largest absolute Gasteiger partial charge is 0.0888 e. The van der Waals surface area contributed by atoms with Crippen LogP contribution in [0.3, 0.4) is 0 Å². The second kappa shape index (κ2) is 18.3. The zero-order valence-corrected chi connectivity index (χ0v) is 28.9. The molecule has 216 valence electrons. The van der Waals surface area contributed by atoms with Crippen LogP contribution in [0.25, 0.3) is 0 Å². The molecule has 37 heavy (non-hydrogen) atoms. The molecular weight excluding hydrogens is 559 g/mol. The van der Waals surface area contributed by atoms with Crippen molar-refractivity contribution in [3.63, 3.8) is 0 Å². The zero-order chi connectivity index (χ0) is 28.0. The summed E-state index contributed by atoms with van der Waals surface area (Å²) in [5.74, 6) is 5.33. The van der Waals surface area contributed by atoms with E-state index in [1.807, 2.05) is 0 Å². The van der Waals surface area contributed by atoms with Crippen molar-refractivity contribution in [2.75, 3.05) is 4.43 Å². The lowest BCUT2D eigenvalue weighted by Crippen LogP contribution is -2.27. The fourth-order valence-electron chi connectivity index (χ4n) is 6.82. The van der Waals surface area contributed by atoms with Crippen LogP contribution in [-0.4, -0.2) is 4.43 Å². The van der Waals surface area contributed by atoms with E-state index in [0.29, 0.717) is 17.8 Å². The van der Waals surface area contributed by atoms with Crippen LogP contribution in [0.2, 0.25) is 0 Å². The predicted molar refractivity (Wildman–Crippen MR) is 179 cm³/mol. The van der Waals surface area contributed by atoms with Crippen molar-refractivity contribution in [1.29, 1.82) is 0 Å². The highest BCUT2D eigenvalue weighted by atomic mass is 127. The molecule has 0 nitrogen and oxygen atoms in total. The van der Waals surface area contributed by atoms with Crippen LogP contribution in [0.1, 0.15) is 140 Å². The average molecular weight is 625 g/mol. The Bertz CT molecular complexity index is 689. The molecule has 0 N–H and O–H groups in total. The van der Waals surface area contributed by atoms with E-state index in [0.717, 1.165) is 30.1 Å². The SMILES string of the molecule is CC/C=C\CCC(/C(C)=C1\CCC(C)CC(CCC(CI)CC(CC)CC)/C=C\C(C)C1(C)C)C(C)C. The minimum absolute atomic E-state index is 0.217. The zero-order valence-electron chi connectivity index (χ0n) is 26.7. The van der Waals surface area contributed by atoms with Crippen LogP contribution in [0.4, 0.5) is 0 Å². The molecule has 0 heterocycles. The van der Waals surface area contributed by atoms with Crippen molar-refractivity contribution in [3.8, 4) is 0 Å². The van der Waals surface area contributed by atoms with Gasteiger partial charge in [0.15, 0.2) is 0 Å². The van der Waals surface area contributed by atoms with Gasteiger partial charge in [-0.2, -0.15) is 0 Å². The Labute approximate surface area is 248 Å². The van der Waals surface area contributed by atoms with Gasteiger partial charge < -0.3 is 0 Å². The van der Waals surface area contributed by atoms with Crippen molar-refractivity contribution in [2.45, 2.75) is 140 Å². The summed E-state index contributed by atoms with van der Waals surface area (Å²) in [6.45, 7) is 24.5. The van der Waals surface area contributed by atoms with Gasteiger partial charge in [-0.15, -0.1) is 0 Å². The Kier molecular flexibility index (Phi) is 17.3. The van der Waals surface area contributed by atoms with Crippen LogP contribution < -0.4 is 0 Å². The van der Waals surface area contributed by atoms with Crippen molar-refractivity contribution in [3.05, 3.63) is 35.5 Å². The van der Waals surface area contributed by atoms with Gasteiger partial charge in [-0.1, -0.05) is 133 Å². The summed E-state index contributed by atoms with van der Waals surface area (Å²) in [6.07, 6.45) is 24.6. The Balaban J connectivity index is 3.12. The Morgan fingerprint density at radius 2 is 1.70 bits per heavy atom. The molecule has 0 amide bonds. The maximum Gasteiger partial charge on any atom is 0.00238 e. The number of hydrogen-bond donors (Lipinski definition) is 0. The Morgan fingerprint density at radius 1 is 1.03 bits per heavy atom. The minimum atomic E-state index is 0.217. The molecule has 0 aliphatic heterocycles. The summed E-state index contributed by atoms with van der Waals surface area (Å²) in [6, 6.07) is 0. The second-order valence-corrected chi connectivity index (χ2v) is 14.4. The van der Waals surface area contributed by atoms with Crippen LogP contribution in [0.5, 0.6) is 0 Å². The minimum Gasteiger partial charge on any atom is -0.0888 e. The fraction of sp³-hybridized carbons (Fsp3) is 0.833. The summed E-state index contributed by atoms with van der Waals surface area (Å²) >= 11 is 2.65. The molecule has 5 atom stereocenters. The molecule has 1 rings (SSSR count). The van der Waals surface area contributed by atoms with Gasteiger partial charge in [0.05, 0.1) is 0 Å². The van der Waals surface area contributed by atoms with Gasteiger partial charge in [0.25, 0.3) is 0 Å². The second-order valence-electron chi connectivity index (χ2n) is 13.5. The molecule has 0 aromatic heterocycles. The van der Waals surface area contributed by atoms with E-state index in [1.165, 1.54) is 68.6 Å². The molecule has 0 aromatic rings. The van der Waals surface area contributed by atoms with E-state index in [2.05, 4.69) is 116 Å². The van der Waals surface area contributed by atoms with Crippen LogP contribution >= 0.6 is 22.6 Å². The highest BCUT2D eigenvalue weighted by molar-refractivity contribution is 14.1. The molecule has 1 heteroatoms. The lowest BCUT2D eigenvalue weighted by atomic mass is 9.66. The van der Waals surface area contributed by atoms with Crippen molar-refractivity contribution in [1.82, 2.24) is 0 Å². The van der Waals surface area contributed by atoms with E-state index >= 15 is 0 Å². The smallest absolute Gasteiger partial charge is 0.00238 e. The van der Waals surface area contributed by atoms with Crippen molar-refractivity contribution < 1.29 is 0 Å². The molecule has 0 bridgehead atoms. The quantitative estimate of drug-likeness (QED) is 0.102. The number of hydrogen-bond acceptors (Lipinski definition) is 0. The van der Waals surface area contributed by atoms with E-state index in [1.54, 1.807) is 11.1 Å². The molecule has 0 saturated carbocycles. The molecule has 0 spiro atoms. The number of allylic oxidation sites excluding steroid dienone is 6. The van der Waals surface area contributed by atoms with E-state index in [9.17, 15) is 0 Å². The first-order valence-corrected chi connectivity index (χ1v) is 17.6. The molecule has 0 radical (unpaired) electrons. The van der Waals surface area contributed by atoms with E-state index in [4.69, 9.17) is 0 Å². The molecule has 1 aliphatic carbocycles. The highest BCUT2D eigenvalue weighted by Crippen LogP contribution is 2.45. The Morgan fingerprint density at radius 3 is 2.27 bits per heavy atom. The average Bonchev–Trinajstić information content (AvgIpc) is 2.86. The van der Waals surface area contributed by atoms with E-state index in [-0.39, 0.29) is 5.41 Å². The van der Waals surface area contributed by atoms with Crippen molar-refractivity contribution in [2.24, 2.45) is 46.8 Å². The summed E-state index contributed by atoms with van der Waals surface area (Å²) in [7, 11) is 0. The molecule has 5 unspecified atom stereocenters. The number of alkyl halides is 1. The van der Waals surface area contributed by atoms with Gasteiger partial charge in [-0.05, 0) is 112 Å². The van der Waals surface area contributed by atoms with Gasteiger partial charge in [0, 0.05) is 4.43 Å². The molecule has 0 aromatic carbocycles. The van der Waals surface area contributed by atoms with Gasteiger partial charge in [-0.3, -0.25) is 0 Å².